The quantitative estimate of drug-likeness (QED) is 0.539. The number of aliphatic hydroxyl groups excluding tert-OH is 1. The number of rotatable bonds is 5. The molecule has 0 fully saturated rings. The molecule has 0 amide bonds. The first-order chi connectivity index (χ1) is 6.57. The van der Waals surface area contributed by atoms with Crippen LogP contribution < -0.4 is 0 Å². The fourth-order valence-electron chi connectivity index (χ4n) is 0.536. The van der Waals surface area contributed by atoms with Gasteiger partial charge in [0.2, 0.25) is 0 Å². The highest BCUT2D eigenvalue weighted by Crippen LogP contribution is 1.94. The van der Waals surface area contributed by atoms with Crippen LogP contribution in [0, 0.1) is 0 Å². The van der Waals surface area contributed by atoms with Gasteiger partial charge in [0, 0.05) is 12.7 Å². The first-order valence-electron chi connectivity index (χ1n) is 4.57. The SMILES string of the molecule is C=C(C)C(=O)OCC(O)COC.CC. The minimum absolute atomic E-state index is 0.0560. The molecule has 0 aromatic carbocycles. The predicted molar refractivity (Wildman–Crippen MR) is 55.0 cm³/mol. The van der Waals surface area contributed by atoms with E-state index in [1.807, 2.05) is 13.8 Å². The standard InChI is InChI=1S/C8H14O4.C2H6/c1-6(2)8(10)12-5-7(9)4-11-3;1-2/h7,9H,1,4-5H2,2-3H3;1-2H3. The van der Waals surface area contributed by atoms with Crippen molar-refractivity contribution in [2.45, 2.75) is 26.9 Å². The van der Waals surface area contributed by atoms with E-state index in [0.29, 0.717) is 5.57 Å². The van der Waals surface area contributed by atoms with Gasteiger partial charge in [0.1, 0.15) is 12.7 Å². The number of ether oxygens (including phenoxy) is 2. The third-order valence-corrected chi connectivity index (χ3v) is 1.11. The van der Waals surface area contributed by atoms with Crippen LogP contribution in [0.25, 0.3) is 0 Å². The van der Waals surface area contributed by atoms with E-state index in [4.69, 9.17) is 5.11 Å². The topological polar surface area (TPSA) is 55.8 Å². The molecule has 84 valence electrons. The van der Waals surface area contributed by atoms with Crippen LogP contribution in [0.15, 0.2) is 12.2 Å². The summed E-state index contributed by atoms with van der Waals surface area (Å²) in [7, 11) is 1.46. The van der Waals surface area contributed by atoms with Gasteiger partial charge in [-0.05, 0) is 6.92 Å². The van der Waals surface area contributed by atoms with E-state index < -0.39 is 12.1 Å². The van der Waals surface area contributed by atoms with Crippen molar-refractivity contribution in [2.24, 2.45) is 0 Å². The zero-order valence-corrected chi connectivity index (χ0v) is 9.37. The summed E-state index contributed by atoms with van der Waals surface area (Å²) in [4.78, 5) is 10.8. The first kappa shape index (κ1) is 15.6. The Morgan fingerprint density at radius 1 is 1.43 bits per heavy atom. The molecule has 1 atom stereocenters. The zero-order chi connectivity index (χ0) is 11.6. The first-order valence-corrected chi connectivity index (χ1v) is 4.57. The maximum absolute atomic E-state index is 10.8. The molecule has 14 heavy (non-hydrogen) atoms. The maximum atomic E-state index is 10.8. The van der Waals surface area contributed by atoms with Gasteiger partial charge in [-0.15, -0.1) is 0 Å². The van der Waals surface area contributed by atoms with Crippen molar-refractivity contribution in [3.8, 4) is 0 Å². The van der Waals surface area contributed by atoms with Crippen molar-refractivity contribution < 1.29 is 19.4 Å². The highest BCUT2D eigenvalue weighted by Gasteiger charge is 2.08. The number of methoxy groups -OCH3 is 1. The van der Waals surface area contributed by atoms with Crippen LogP contribution >= 0.6 is 0 Å². The van der Waals surface area contributed by atoms with Gasteiger partial charge >= 0.3 is 5.97 Å². The smallest absolute Gasteiger partial charge is 0.333 e. The summed E-state index contributed by atoms with van der Waals surface area (Å²) in [6.07, 6.45) is -0.765. The molecule has 0 aromatic heterocycles. The normalized spacial score (nSPS) is 10.9. The predicted octanol–water partition coefficient (Wildman–Crippen LogP) is 1.14. The second kappa shape index (κ2) is 10.2. The van der Waals surface area contributed by atoms with Gasteiger partial charge in [0.05, 0.1) is 6.61 Å². The minimum Gasteiger partial charge on any atom is -0.460 e. The molecule has 1 unspecified atom stereocenters. The molecule has 0 heterocycles. The van der Waals surface area contributed by atoms with E-state index in [-0.39, 0.29) is 13.2 Å². The van der Waals surface area contributed by atoms with Gasteiger partial charge in [-0.25, -0.2) is 4.79 Å². The van der Waals surface area contributed by atoms with Gasteiger partial charge in [0.15, 0.2) is 0 Å². The van der Waals surface area contributed by atoms with Crippen LogP contribution in [0.5, 0.6) is 0 Å². The molecule has 0 aromatic rings. The molecular weight excluding hydrogens is 184 g/mol. The van der Waals surface area contributed by atoms with Crippen molar-refractivity contribution in [2.75, 3.05) is 20.3 Å². The zero-order valence-electron chi connectivity index (χ0n) is 9.37. The number of carbonyl (C=O) groups excluding carboxylic acids is 1. The Morgan fingerprint density at radius 3 is 2.29 bits per heavy atom. The van der Waals surface area contributed by atoms with Crippen LogP contribution in [-0.2, 0) is 14.3 Å². The Hall–Kier alpha value is -0.870. The van der Waals surface area contributed by atoms with Crippen LogP contribution in [0.3, 0.4) is 0 Å². The molecule has 0 saturated heterocycles. The van der Waals surface area contributed by atoms with Crippen molar-refractivity contribution in [1.82, 2.24) is 0 Å². The molecule has 0 bridgehead atoms. The van der Waals surface area contributed by atoms with Crippen molar-refractivity contribution in [3.63, 3.8) is 0 Å². The third-order valence-electron chi connectivity index (χ3n) is 1.11. The van der Waals surface area contributed by atoms with E-state index in [9.17, 15) is 4.79 Å². The fraction of sp³-hybridized carbons (Fsp3) is 0.700. The van der Waals surface area contributed by atoms with Crippen molar-refractivity contribution in [1.29, 1.82) is 0 Å². The van der Waals surface area contributed by atoms with E-state index in [1.165, 1.54) is 7.11 Å². The maximum Gasteiger partial charge on any atom is 0.333 e. The fourth-order valence-corrected chi connectivity index (χ4v) is 0.536. The van der Waals surface area contributed by atoms with E-state index in [1.54, 1.807) is 6.92 Å². The van der Waals surface area contributed by atoms with Crippen LogP contribution in [0.4, 0.5) is 0 Å². The van der Waals surface area contributed by atoms with Gasteiger partial charge in [-0.2, -0.15) is 0 Å². The summed E-state index contributed by atoms with van der Waals surface area (Å²) in [6, 6.07) is 0. The Balaban J connectivity index is 0. The summed E-state index contributed by atoms with van der Waals surface area (Å²) in [5, 5.41) is 9.05. The molecule has 0 radical (unpaired) electrons. The molecule has 0 saturated carbocycles. The summed E-state index contributed by atoms with van der Waals surface area (Å²) in [6.45, 7) is 9.04. The average Bonchev–Trinajstić information content (AvgIpc) is 2.17. The Bertz CT molecular complexity index is 166. The molecule has 4 heteroatoms. The van der Waals surface area contributed by atoms with Gasteiger partial charge in [-0.3, -0.25) is 0 Å². The molecule has 0 aliphatic rings. The number of aliphatic hydroxyl groups is 1. The Labute approximate surface area is 85.5 Å². The summed E-state index contributed by atoms with van der Waals surface area (Å²) >= 11 is 0. The number of hydrogen-bond donors (Lipinski definition) is 1. The molecule has 0 spiro atoms. The van der Waals surface area contributed by atoms with Crippen LogP contribution in [0.2, 0.25) is 0 Å². The van der Waals surface area contributed by atoms with E-state index in [2.05, 4.69) is 16.1 Å². The minimum atomic E-state index is -0.765. The van der Waals surface area contributed by atoms with Crippen molar-refractivity contribution >= 4 is 5.97 Å². The second-order valence-electron chi connectivity index (χ2n) is 2.49. The monoisotopic (exact) mass is 204 g/mol. The van der Waals surface area contributed by atoms with E-state index in [0.717, 1.165) is 0 Å². The number of hydrogen-bond acceptors (Lipinski definition) is 4. The van der Waals surface area contributed by atoms with Crippen LogP contribution in [0.1, 0.15) is 20.8 Å². The largest absolute Gasteiger partial charge is 0.460 e. The number of esters is 1. The Kier molecular flexibility index (Phi) is 11.4. The van der Waals surface area contributed by atoms with E-state index >= 15 is 0 Å². The van der Waals surface area contributed by atoms with Crippen molar-refractivity contribution in [3.05, 3.63) is 12.2 Å². The Morgan fingerprint density at radius 2 is 1.93 bits per heavy atom. The lowest BCUT2D eigenvalue weighted by atomic mass is 10.3. The lowest BCUT2D eigenvalue weighted by molar-refractivity contribution is -0.142. The number of carbonyl (C=O) groups is 1. The molecule has 4 nitrogen and oxygen atoms in total. The van der Waals surface area contributed by atoms with Gasteiger partial charge < -0.3 is 14.6 Å². The second-order valence-corrected chi connectivity index (χ2v) is 2.49. The summed E-state index contributed by atoms with van der Waals surface area (Å²) in [5.41, 5.74) is 0.319. The van der Waals surface area contributed by atoms with Gasteiger partial charge in [-0.1, -0.05) is 20.4 Å². The lowest BCUT2D eigenvalue weighted by Gasteiger charge is -2.09. The summed E-state index contributed by atoms with van der Waals surface area (Å²) in [5.74, 6) is -0.495. The molecule has 0 rings (SSSR count). The highest BCUT2D eigenvalue weighted by molar-refractivity contribution is 5.86. The highest BCUT2D eigenvalue weighted by atomic mass is 16.5. The molecular formula is C10H20O4. The molecule has 1 N–H and O–H groups in total. The molecule has 0 aliphatic carbocycles. The molecule has 0 aliphatic heterocycles. The van der Waals surface area contributed by atoms with Gasteiger partial charge in [0.25, 0.3) is 0 Å². The average molecular weight is 204 g/mol. The summed E-state index contributed by atoms with van der Waals surface area (Å²) < 4.78 is 9.28. The lowest BCUT2D eigenvalue weighted by Crippen LogP contribution is -2.23. The van der Waals surface area contributed by atoms with Crippen LogP contribution in [-0.4, -0.2) is 37.5 Å². The third kappa shape index (κ3) is 9.22.